The summed E-state index contributed by atoms with van der Waals surface area (Å²) in [6, 6.07) is 16.1. The van der Waals surface area contributed by atoms with Gasteiger partial charge in [0, 0.05) is 23.0 Å². The maximum absolute atomic E-state index is 13.3. The van der Waals surface area contributed by atoms with Crippen LogP contribution in [0.3, 0.4) is 0 Å². The molecule has 0 atom stereocenters. The van der Waals surface area contributed by atoms with Gasteiger partial charge in [-0.25, -0.2) is 4.98 Å². The molecule has 2 heterocycles. The molecule has 7 heteroatoms. The molecule has 0 radical (unpaired) electrons. The van der Waals surface area contributed by atoms with Crippen molar-refractivity contribution in [3.05, 3.63) is 88.2 Å². The summed E-state index contributed by atoms with van der Waals surface area (Å²) in [5, 5.41) is 10.2. The number of fused-ring (bicyclic) bond motifs is 1. The summed E-state index contributed by atoms with van der Waals surface area (Å²) in [5.74, 6) is -0.186. The number of amides is 1. The SMILES string of the molecule is Cc1cc(Cl)cc2sc(N(Cc3ccncc3)C(=O)c3ccc(C#N)cc3)nc12. The number of anilines is 1. The molecule has 0 bridgehead atoms. The van der Waals surface area contributed by atoms with Crippen LogP contribution in [0, 0.1) is 18.3 Å². The molecule has 0 spiro atoms. The third-order valence-electron chi connectivity index (χ3n) is 4.47. The Morgan fingerprint density at radius 1 is 1.17 bits per heavy atom. The summed E-state index contributed by atoms with van der Waals surface area (Å²) in [5.41, 5.74) is 3.74. The highest BCUT2D eigenvalue weighted by molar-refractivity contribution is 7.22. The highest BCUT2D eigenvalue weighted by Crippen LogP contribution is 2.34. The maximum Gasteiger partial charge on any atom is 0.260 e. The molecule has 0 aliphatic rings. The zero-order valence-electron chi connectivity index (χ0n) is 15.5. The first-order valence-electron chi connectivity index (χ1n) is 8.83. The molecule has 2 aromatic carbocycles. The molecule has 0 fully saturated rings. The number of aryl methyl sites for hydroxylation is 1. The number of hydrogen-bond acceptors (Lipinski definition) is 5. The van der Waals surface area contributed by atoms with Crippen LogP contribution in [0.5, 0.6) is 0 Å². The molecule has 0 saturated heterocycles. The number of nitrogens with zero attached hydrogens (tertiary/aromatic N) is 4. The number of pyridine rings is 1. The van der Waals surface area contributed by atoms with Crippen LogP contribution in [0.2, 0.25) is 5.02 Å². The summed E-state index contributed by atoms with van der Waals surface area (Å²) in [4.78, 5) is 23.8. The van der Waals surface area contributed by atoms with E-state index in [1.54, 1.807) is 41.6 Å². The fraction of sp³-hybridized carbons (Fsp3) is 0.0909. The molecule has 4 aromatic rings. The highest BCUT2D eigenvalue weighted by Gasteiger charge is 2.22. The van der Waals surface area contributed by atoms with Crippen molar-refractivity contribution in [1.29, 1.82) is 5.26 Å². The molecule has 0 N–H and O–H groups in total. The Morgan fingerprint density at radius 2 is 1.90 bits per heavy atom. The van der Waals surface area contributed by atoms with E-state index in [4.69, 9.17) is 21.8 Å². The quantitative estimate of drug-likeness (QED) is 0.446. The highest BCUT2D eigenvalue weighted by atomic mass is 35.5. The number of thiazole rings is 1. The molecule has 1 amide bonds. The van der Waals surface area contributed by atoms with E-state index < -0.39 is 0 Å². The predicted octanol–water partition coefficient (Wildman–Crippen LogP) is 5.37. The van der Waals surface area contributed by atoms with Gasteiger partial charge >= 0.3 is 0 Å². The second-order valence-electron chi connectivity index (χ2n) is 6.50. The van der Waals surface area contributed by atoms with Crippen molar-refractivity contribution >= 4 is 44.2 Å². The standard InChI is InChI=1S/C22H15ClN4OS/c1-14-10-18(23)11-19-20(14)26-22(29-19)27(13-16-6-8-25-9-7-16)21(28)17-4-2-15(12-24)3-5-17/h2-11H,13H2,1H3. The van der Waals surface area contributed by atoms with Crippen molar-refractivity contribution in [2.24, 2.45) is 0 Å². The number of aromatic nitrogens is 2. The van der Waals surface area contributed by atoms with Crippen molar-refractivity contribution in [3.63, 3.8) is 0 Å². The lowest BCUT2D eigenvalue weighted by atomic mass is 10.1. The van der Waals surface area contributed by atoms with E-state index >= 15 is 0 Å². The van der Waals surface area contributed by atoms with Gasteiger partial charge in [0.2, 0.25) is 0 Å². The van der Waals surface area contributed by atoms with Crippen LogP contribution in [0.1, 0.15) is 27.0 Å². The molecule has 0 saturated carbocycles. The van der Waals surface area contributed by atoms with Gasteiger partial charge in [0.1, 0.15) is 0 Å². The van der Waals surface area contributed by atoms with Crippen molar-refractivity contribution < 1.29 is 4.79 Å². The number of carbonyl (C=O) groups excluding carboxylic acids is 1. The van der Waals surface area contributed by atoms with Gasteiger partial charge in [-0.1, -0.05) is 22.9 Å². The lowest BCUT2D eigenvalue weighted by Crippen LogP contribution is -2.30. The van der Waals surface area contributed by atoms with Crippen LogP contribution >= 0.6 is 22.9 Å². The monoisotopic (exact) mass is 418 g/mol. The summed E-state index contributed by atoms with van der Waals surface area (Å²) in [7, 11) is 0. The van der Waals surface area contributed by atoms with Crippen molar-refractivity contribution in [1.82, 2.24) is 9.97 Å². The van der Waals surface area contributed by atoms with E-state index in [0.717, 1.165) is 21.3 Å². The van der Waals surface area contributed by atoms with Gasteiger partial charge in [0.25, 0.3) is 5.91 Å². The number of nitriles is 1. The Labute approximate surface area is 176 Å². The maximum atomic E-state index is 13.3. The molecule has 0 aliphatic carbocycles. The molecule has 5 nitrogen and oxygen atoms in total. The molecule has 142 valence electrons. The van der Waals surface area contributed by atoms with E-state index in [1.807, 2.05) is 31.2 Å². The number of benzene rings is 2. The van der Waals surface area contributed by atoms with Crippen molar-refractivity contribution in [3.8, 4) is 6.07 Å². The smallest absolute Gasteiger partial charge is 0.260 e. The fourth-order valence-electron chi connectivity index (χ4n) is 3.00. The molecular weight excluding hydrogens is 404 g/mol. The van der Waals surface area contributed by atoms with Gasteiger partial charge in [-0.05, 0) is 66.6 Å². The van der Waals surface area contributed by atoms with Crippen LogP contribution < -0.4 is 4.90 Å². The molecule has 0 aliphatic heterocycles. The molecule has 4 rings (SSSR count). The van der Waals surface area contributed by atoms with Crippen molar-refractivity contribution in [2.75, 3.05) is 4.90 Å². The number of rotatable bonds is 4. The first-order valence-corrected chi connectivity index (χ1v) is 10.0. The van der Waals surface area contributed by atoms with Gasteiger partial charge < -0.3 is 0 Å². The van der Waals surface area contributed by atoms with Crippen molar-refractivity contribution in [2.45, 2.75) is 13.5 Å². The Bertz CT molecular complexity index is 1230. The van der Waals surface area contributed by atoms with Crippen LogP contribution in [-0.2, 0) is 6.54 Å². The lowest BCUT2D eigenvalue weighted by Gasteiger charge is -2.20. The van der Waals surface area contributed by atoms with E-state index in [0.29, 0.717) is 27.8 Å². The first-order chi connectivity index (χ1) is 14.0. The van der Waals surface area contributed by atoms with Crippen LogP contribution in [0.4, 0.5) is 5.13 Å². The van der Waals surface area contributed by atoms with E-state index in [-0.39, 0.29) is 5.91 Å². The molecule has 29 heavy (non-hydrogen) atoms. The van der Waals surface area contributed by atoms with E-state index in [2.05, 4.69) is 11.1 Å². The molecular formula is C22H15ClN4OS. The Morgan fingerprint density at radius 3 is 2.59 bits per heavy atom. The number of halogens is 1. The summed E-state index contributed by atoms with van der Waals surface area (Å²) in [6.45, 7) is 2.31. The minimum atomic E-state index is -0.186. The fourth-order valence-corrected chi connectivity index (χ4v) is 4.42. The van der Waals surface area contributed by atoms with E-state index in [1.165, 1.54) is 11.3 Å². The predicted molar refractivity (Wildman–Crippen MR) is 115 cm³/mol. The Kier molecular flexibility index (Phi) is 5.26. The van der Waals surface area contributed by atoms with Gasteiger partial charge in [0.15, 0.2) is 5.13 Å². The van der Waals surface area contributed by atoms with Crippen LogP contribution in [-0.4, -0.2) is 15.9 Å². The number of hydrogen-bond donors (Lipinski definition) is 0. The molecule has 2 aromatic heterocycles. The first kappa shape index (κ1) is 19.1. The minimum absolute atomic E-state index is 0.186. The minimum Gasteiger partial charge on any atom is -0.279 e. The summed E-state index contributed by atoms with van der Waals surface area (Å²) >= 11 is 7.62. The van der Waals surface area contributed by atoms with Crippen LogP contribution in [0.15, 0.2) is 60.9 Å². The average Bonchev–Trinajstić information content (AvgIpc) is 3.16. The lowest BCUT2D eigenvalue weighted by molar-refractivity contribution is 0.0985. The van der Waals surface area contributed by atoms with E-state index in [9.17, 15) is 4.79 Å². The van der Waals surface area contributed by atoms with Gasteiger partial charge in [-0.15, -0.1) is 0 Å². The van der Waals surface area contributed by atoms with Gasteiger partial charge in [0.05, 0.1) is 28.4 Å². The second-order valence-corrected chi connectivity index (χ2v) is 7.95. The third-order valence-corrected chi connectivity index (χ3v) is 5.71. The third kappa shape index (κ3) is 3.97. The zero-order chi connectivity index (χ0) is 20.4. The summed E-state index contributed by atoms with van der Waals surface area (Å²) in [6.07, 6.45) is 3.39. The topological polar surface area (TPSA) is 69.9 Å². The number of carbonyl (C=O) groups is 1. The largest absolute Gasteiger partial charge is 0.279 e. The van der Waals surface area contributed by atoms with Crippen LogP contribution in [0.25, 0.3) is 10.2 Å². The van der Waals surface area contributed by atoms with Gasteiger partial charge in [-0.3, -0.25) is 14.7 Å². The van der Waals surface area contributed by atoms with Gasteiger partial charge in [-0.2, -0.15) is 5.26 Å². The second kappa shape index (κ2) is 8.00. The Balaban J connectivity index is 1.78. The zero-order valence-corrected chi connectivity index (χ0v) is 17.0. The molecule has 0 unspecified atom stereocenters. The summed E-state index contributed by atoms with van der Waals surface area (Å²) < 4.78 is 0.928. The average molecular weight is 419 g/mol. The Hall–Kier alpha value is -3.27. The normalized spacial score (nSPS) is 10.7.